The molecule has 3 nitrogen and oxygen atoms in total. The van der Waals surface area contributed by atoms with E-state index in [1.807, 2.05) is 6.07 Å². The molecule has 1 heterocycles. The number of hydrogen-bond acceptors (Lipinski definition) is 4. The smallest absolute Gasteiger partial charge is 0.274 e. The molecule has 0 aliphatic heterocycles. The van der Waals surface area contributed by atoms with Gasteiger partial charge in [0.15, 0.2) is 0 Å². The molecule has 0 amide bonds. The van der Waals surface area contributed by atoms with Crippen molar-refractivity contribution >= 4 is 11.3 Å². The highest BCUT2D eigenvalue weighted by molar-refractivity contribution is 7.14. The zero-order valence-corrected chi connectivity index (χ0v) is 6.53. The van der Waals surface area contributed by atoms with Gasteiger partial charge < -0.3 is 4.74 Å². The summed E-state index contributed by atoms with van der Waals surface area (Å²) in [4.78, 5) is 4.60. The zero-order chi connectivity index (χ0) is 7.56. The van der Waals surface area contributed by atoms with E-state index in [1.54, 1.807) is 14.0 Å². The average molecular weight is 154 g/mol. The Bertz CT molecular complexity index is 274. The van der Waals surface area contributed by atoms with E-state index in [2.05, 4.69) is 4.98 Å². The van der Waals surface area contributed by atoms with Crippen LogP contribution in [0.4, 0.5) is 0 Å². The van der Waals surface area contributed by atoms with E-state index in [0.717, 1.165) is 5.69 Å². The van der Waals surface area contributed by atoms with Crippen molar-refractivity contribution in [3.63, 3.8) is 0 Å². The molecule has 0 N–H and O–H groups in total. The van der Waals surface area contributed by atoms with Crippen molar-refractivity contribution in [1.29, 1.82) is 5.26 Å². The van der Waals surface area contributed by atoms with E-state index < -0.39 is 0 Å². The third kappa shape index (κ3) is 1.09. The fraction of sp³-hybridized carbons (Fsp3) is 0.333. The van der Waals surface area contributed by atoms with Gasteiger partial charge in [0.05, 0.1) is 12.8 Å². The highest BCUT2D eigenvalue weighted by Gasteiger charge is 2.04. The number of ether oxygens (including phenoxy) is 1. The summed E-state index contributed by atoms with van der Waals surface area (Å²) in [6.45, 7) is 1.79. The number of aromatic nitrogens is 1. The number of thiazole rings is 1. The summed E-state index contributed by atoms with van der Waals surface area (Å²) >= 11 is 1.27. The minimum Gasteiger partial charge on any atom is -0.473 e. The van der Waals surface area contributed by atoms with Gasteiger partial charge in [0.1, 0.15) is 10.9 Å². The number of rotatable bonds is 1. The Balaban J connectivity index is 3.07. The van der Waals surface area contributed by atoms with Crippen LogP contribution in [0.15, 0.2) is 0 Å². The predicted octanol–water partition coefficient (Wildman–Crippen LogP) is 1.33. The average Bonchev–Trinajstić information content (AvgIpc) is 2.30. The van der Waals surface area contributed by atoms with Crippen LogP contribution in [-0.2, 0) is 0 Å². The molecule has 0 aromatic carbocycles. The first-order valence-electron chi connectivity index (χ1n) is 2.69. The minimum absolute atomic E-state index is 0.550. The van der Waals surface area contributed by atoms with E-state index >= 15 is 0 Å². The number of aryl methyl sites for hydroxylation is 1. The molecule has 0 saturated carbocycles. The Morgan fingerprint density at radius 1 is 1.70 bits per heavy atom. The van der Waals surface area contributed by atoms with Gasteiger partial charge in [-0.3, -0.25) is 0 Å². The molecule has 10 heavy (non-hydrogen) atoms. The second-order valence-corrected chi connectivity index (χ2v) is 2.67. The summed E-state index contributed by atoms with van der Waals surface area (Å²) in [5.41, 5.74) is 0.740. The van der Waals surface area contributed by atoms with Gasteiger partial charge >= 0.3 is 0 Å². The van der Waals surface area contributed by atoms with E-state index in [1.165, 1.54) is 11.3 Å². The molecule has 0 bridgehead atoms. The van der Waals surface area contributed by atoms with E-state index in [0.29, 0.717) is 10.1 Å². The van der Waals surface area contributed by atoms with Gasteiger partial charge in [-0.05, 0) is 6.92 Å². The molecule has 1 aromatic heterocycles. The summed E-state index contributed by atoms with van der Waals surface area (Å²) in [5.74, 6) is 0. The molecule has 0 unspecified atom stereocenters. The van der Waals surface area contributed by atoms with Crippen LogP contribution < -0.4 is 4.74 Å². The topological polar surface area (TPSA) is 45.9 Å². The molecule has 0 saturated heterocycles. The largest absolute Gasteiger partial charge is 0.473 e. The molecule has 0 radical (unpaired) electrons. The van der Waals surface area contributed by atoms with Crippen LogP contribution in [0.1, 0.15) is 10.6 Å². The van der Waals surface area contributed by atoms with Gasteiger partial charge in [0, 0.05) is 0 Å². The van der Waals surface area contributed by atoms with Crippen LogP contribution in [0.2, 0.25) is 0 Å². The first-order valence-corrected chi connectivity index (χ1v) is 3.51. The quantitative estimate of drug-likeness (QED) is 0.613. The van der Waals surface area contributed by atoms with Gasteiger partial charge in [-0.15, -0.1) is 0 Å². The van der Waals surface area contributed by atoms with Crippen molar-refractivity contribution in [3.05, 3.63) is 10.6 Å². The van der Waals surface area contributed by atoms with Gasteiger partial charge in [-0.2, -0.15) is 5.26 Å². The molecule has 0 atom stereocenters. The number of hydrogen-bond donors (Lipinski definition) is 0. The van der Waals surface area contributed by atoms with Crippen LogP contribution in [-0.4, -0.2) is 12.1 Å². The molecule has 1 aromatic rings. The molecule has 1 rings (SSSR count). The molecular formula is C6H6N2OS. The second kappa shape index (κ2) is 2.67. The number of nitrogens with zero attached hydrogens (tertiary/aromatic N) is 2. The van der Waals surface area contributed by atoms with Crippen LogP contribution in [0, 0.1) is 18.3 Å². The first-order chi connectivity index (χ1) is 4.77. The maximum absolute atomic E-state index is 8.49. The lowest BCUT2D eigenvalue weighted by molar-refractivity contribution is 0.411. The summed E-state index contributed by atoms with van der Waals surface area (Å²) in [7, 11) is 1.54. The van der Waals surface area contributed by atoms with Crippen molar-refractivity contribution < 1.29 is 4.74 Å². The predicted molar refractivity (Wildman–Crippen MR) is 38.1 cm³/mol. The Kier molecular flexibility index (Phi) is 1.88. The number of nitriles is 1. The van der Waals surface area contributed by atoms with Crippen LogP contribution in [0.5, 0.6) is 5.19 Å². The van der Waals surface area contributed by atoms with Crippen molar-refractivity contribution in [3.8, 4) is 11.3 Å². The number of methoxy groups -OCH3 is 1. The summed E-state index contributed by atoms with van der Waals surface area (Å²) < 4.78 is 4.83. The fourth-order valence-electron chi connectivity index (χ4n) is 0.563. The zero-order valence-electron chi connectivity index (χ0n) is 5.71. The highest BCUT2D eigenvalue weighted by atomic mass is 32.1. The summed E-state index contributed by atoms with van der Waals surface area (Å²) in [5, 5.41) is 9.04. The normalized spacial score (nSPS) is 8.90. The lowest BCUT2D eigenvalue weighted by Crippen LogP contribution is -1.79. The van der Waals surface area contributed by atoms with Gasteiger partial charge in [-0.25, -0.2) is 4.98 Å². The van der Waals surface area contributed by atoms with E-state index in [9.17, 15) is 0 Å². The molecular weight excluding hydrogens is 148 g/mol. The fourth-order valence-corrected chi connectivity index (χ4v) is 1.24. The van der Waals surface area contributed by atoms with Gasteiger partial charge in [0.25, 0.3) is 5.19 Å². The lowest BCUT2D eigenvalue weighted by Gasteiger charge is -1.85. The summed E-state index contributed by atoms with van der Waals surface area (Å²) in [6, 6.07) is 2.03. The maximum atomic E-state index is 8.49. The molecule has 4 heteroatoms. The molecule has 0 aliphatic carbocycles. The summed E-state index contributed by atoms with van der Waals surface area (Å²) in [6.07, 6.45) is 0. The monoisotopic (exact) mass is 154 g/mol. The molecule has 52 valence electrons. The van der Waals surface area contributed by atoms with Gasteiger partial charge in [-0.1, -0.05) is 11.3 Å². The Labute approximate surface area is 62.9 Å². The van der Waals surface area contributed by atoms with Crippen molar-refractivity contribution in [1.82, 2.24) is 4.98 Å². The highest BCUT2D eigenvalue weighted by Crippen LogP contribution is 2.22. The van der Waals surface area contributed by atoms with Crippen LogP contribution >= 0.6 is 11.3 Å². The van der Waals surface area contributed by atoms with E-state index in [4.69, 9.17) is 10.00 Å². The van der Waals surface area contributed by atoms with Crippen LogP contribution in [0.25, 0.3) is 0 Å². The standard InChI is InChI=1S/C6H6N2OS/c1-4-5(3-7)10-6(8-4)9-2/h1-2H3. The maximum Gasteiger partial charge on any atom is 0.274 e. The van der Waals surface area contributed by atoms with Crippen LogP contribution in [0.3, 0.4) is 0 Å². The lowest BCUT2D eigenvalue weighted by atomic mass is 10.4. The Morgan fingerprint density at radius 3 is 2.70 bits per heavy atom. The molecule has 0 spiro atoms. The first kappa shape index (κ1) is 7.03. The third-order valence-electron chi connectivity index (χ3n) is 1.05. The molecule has 0 aliphatic rings. The molecule has 0 fully saturated rings. The van der Waals surface area contributed by atoms with Crippen molar-refractivity contribution in [2.24, 2.45) is 0 Å². The Hall–Kier alpha value is -1.08. The van der Waals surface area contributed by atoms with E-state index in [-0.39, 0.29) is 0 Å². The minimum atomic E-state index is 0.550. The van der Waals surface area contributed by atoms with Gasteiger partial charge in [0.2, 0.25) is 0 Å². The SMILES string of the molecule is COc1nc(C)c(C#N)s1. The van der Waals surface area contributed by atoms with Crippen molar-refractivity contribution in [2.45, 2.75) is 6.92 Å². The second-order valence-electron chi connectivity index (χ2n) is 1.71. The Morgan fingerprint density at radius 2 is 2.40 bits per heavy atom. The third-order valence-corrected chi connectivity index (χ3v) is 2.08. The van der Waals surface area contributed by atoms with Crippen molar-refractivity contribution in [2.75, 3.05) is 7.11 Å².